The third-order valence-corrected chi connectivity index (χ3v) is 3.96. The lowest BCUT2D eigenvalue weighted by Crippen LogP contribution is -2.33. The van der Waals surface area contributed by atoms with Crippen LogP contribution in [0.25, 0.3) is 0 Å². The number of aromatic carboxylic acids is 1. The first-order valence-electron chi connectivity index (χ1n) is 8.51. The monoisotopic (exact) mass is 374 g/mol. The Hall–Kier alpha value is -3.00. The first-order valence-corrected chi connectivity index (χ1v) is 8.51. The molecule has 0 fully saturated rings. The predicted octanol–water partition coefficient (Wildman–Crippen LogP) is 2.56. The maximum atomic E-state index is 13.0. The topological polar surface area (TPSA) is 85.8 Å². The Morgan fingerprint density at radius 3 is 2.41 bits per heavy atom. The van der Waals surface area contributed by atoms with Crippen LogP contribution in [-0.2, 0) is 0 Å². The molecule has 0 aliphatic heterocycles. The summed E-state index contributed by atoms with van der Waals surface area (Å²) in [5.74, 6) is -1.69. The number of hydrogen-bond donors (Lipinski definition) is 2. The third kappa shape index (κ3) is 5.49. The minimum absolute atomic E-state index is 0.00696. The first-order chi connectivity index (χ1) is 12.8. The van der Waals surface area contributed by atoms with Crippen LogP contribution in [-0.4, -0.2) is 60.6 Å². The van der Waals surface area contributed by atoms with Crippen molar-refractivity contribution in [2.45, 2.75) is 6.92 Å². The summed E-state index contributed by atoms with van der Waals surface area (Å²) in [6, 6.07) is 6.45. The summed E-state index contributed by atoms with van der Waals surface area (Å²) in [7, 11) is 3.88. The van der Waals surface area contributed by atoms with Crippen molar-refractivity contribution in [2.75, 3.05) is 43.9 Å². The van der Waals surface area contributed by atoms with Crippen LogP contribution in [0.3, 0.4) is 0 Å². The number of carbonyl (C=O) groups excluding carboxylic acids is 1. The number of likely N-dealkylation sites (N-methyl/N-ethyl adjacent to an activating group) is 2. The SMILES string of the molecule is CCN(CCN(C)C)c1ncc(NC(=O)c2ccc(F)cc2)cc1C(=O)O. The van der Waals surface area contributed by atoms with E-state index in [2.05, 4.69) is 10.3 Å². The summed E-state index contributed by atoms with van der Waals surface area (Å²) in [5, 5.41) is 12.2. The van der Waals surface area contributed by atoms with Gasteiger partial charge in [-0.15, -0.1) is 0 Å². The number of amides is 1. The number of carbonyl (C=O) groups is 2. The molecule has 2 aromatic rings. The van der Waals surface area contributed by atoms with E-state index >= 15 is 0 Å². The average Bonchev–Trinajstić information content (AvgIpc) is 2.63. The minimum Gasteiger partial charge on any atom is -0.478 e. The van der Waals surface area contributed by atoms with Gasteiger partial charge in [0.1, 0.15) is 17.2 Å². The second-order valence-electron chi connectivity index (χ2n) is 6.24. The van der Waals surface area contributed by atoms with E-state index < -0.39 is 17.7 Å². The van der Waals surface area contributed by atoms with Crippen LogP contribution in [0, 0.1) is 5.82 Å². The van der Waals surface area contributed by atoms with E-state index in [9.17, 15) is 19.1 Å². The summed E-state index contributed by atoms with van der Waals surface area (Å²) in [6.07, 6.45) is 1.42. The molecule has 1 aromatic carbocycles. The Morgan fingerprint density at radius 1 is 1.19 bits per heavy atom. The standard InChI is InChI=1S/C19H23FN4O3/c1-4-24(10-9-23(2)3)17-16(19(26)27)11-15(12-21-17)22-18(25)13-5-7-14(20)8-6-13/h5-8,11-12H,4,9-10H2,1-3H3,(H,22,25)(H,26,27). The number of nitrogens with zero attached hydrogens (tertiary/aromatic N) is 3. The minimum atomic E-state index is -1.13. The van der Waals surface area contributed by atoms with Crippen molar-refractivity contribution in [3.8, 4) is 0 Å². The van der Waals surface area contributed by atoms with Crippen LogP contribution in [0.2, 0.25) is 0 Å². The molecule has 0 saturated carbocycles. The zero-order valence-corrected chi connectivity index (χ0v) is 15.6. The average molecular weight is 374 g/mol. The van der Waals surface area contributed by atoms with Gasteiger partial charge in [0.2, 0.25) is 0 Å². The first kappa shape index (κ1) is 20.3. The number of pyridine rings is 1. The van der Waals surface area contributed by atoms with E-state index in [-0.39, 0.29) is 16.8 Å². The molecule has 1 amide bonds. The Bertz CT molecular complexity index is 809. The summed E-state index contributed by atoms with van der Waals surface area (Å²) >= 11 is 0. The summed E-state index contributed by atoms with van der Waals surface area (Å²) in [4.78, 5) is 32.1. The van der Waals surface area contributed by atoms with Crippen molar-refractivity contribution in [1.82, 2.24) is 9.88 Å². The van der Waals surface area contributed by atoms with Gasteiger partial charge in [-0.05, 0) is 51.4 Å². The molecule has 0 atom stereocenters. The molecule has 8 heteroatoms. The van der Waals surface area contributed by atoms with Crippen LogP contribution in [0.15, 0.2) is 36.5 Å². The van der Waals surface area contributed by atoms with Gasteiger partial charge in [0.15, 0.2) is 0 Å². The number of aromatic nitrogens is 1. The molecule has 1 heterocycles. The van der Waals surface area contributed by atoms with Crippen molar-refractivity contribution in [2.24, 2.45) is 0 Å². The highest BCUT2D eigenvalue weighted by Crippen LogP contribution is 2.22. The molecule has 1 aromatic heterocycles. The molecule has 0 unspecified atom stereocenters. The Labute approximate surface area is 157 Å². The van der Waals surface area contributed by atoms with Gasteiger partial charge in [-0.1, -0.05) is 0 Å². The van der Waals surface area contributed by atoms with E-state index in [1.54, 1.807) is 0 Å². The maximum absolute atomic E-state index is 13.0. The lowest BCUT2D eigenvalue weighted by atomic mass is 10.2. The lowest BCUT2D eigenvalue weighted by molar-refractivity contribution is 0.0696. The predicted molar refractivity (Wildman–Crippen MR) is 102 cm³/mol. The van der Waals surface area contributed by atoms with Crippen molar-refractivity contribution in [1.29, 1.82) is 0 Å². The fraction of sp³-hybridized carbons (Fsp3) is 0.316. The van der Waals surface area contributed by atoms with Crippen molar-refractivity contribution < 1.29 is 19.1 Å². The molecule has 7 nitrogen and oxygen atoms in total. The highest BCUT2D eigenvalue weighted by molar-refractivity contribution is 6.05. The fourth-order valence-electron chi connectivity index (χ4n) is 2.47. The Kier molecular flexibility index (Phi) is 6.84. The highest BCUT2D eigenvalue weighted by Gasteiger charge is 2.18. The van der Waals surface area contributed by atoms with Crippen molar-refractivity contribution >= 4 is 23.4 Å². The second kappa shape index (κ2) is 9.09. The zero-order chi connectivity index (χ0) is 20.0. The van der Waals surface area contributed by atoms with Crippen LogP contribution in [0.5, 0.6) is 0 Å². The lowest BCUT2D eigenvalue weighted by Gasteiger charge is -2.25. The summed E-state index contributed by atoms with van der Waals surface area (Å²) < 4.78 is 13.0. The van der Waals surface area contributed by atoms with Crippen molar-refractivity contribution in [3.05, 3.63) is 53.5 Å². The third-order valence-electron chi connectivity index (χ3n) is 3.96. The molecule has 0 radical (unpaired) electrons. The number of carboxylic acids is 1. The van der Waals surface area contributed by atoms with Crippen molar-refractivity contribution in [3.63, 3.8) is 0 Å². The molecule has 27 heavy (non-hydrogen) atoms. The van der Waals surface area contributed by atoms with Crippen LogP contribution in [0.1, 0.15) is 27.6 Å². The van der Waals surface area contributed by atoms with Gasteiger partial charge in [0.05, 0.1) is 11.9 Å². The molecule has 0 aliphatic carbocycles. The quantitative estimate of drug-likeness (QED) is 0.739. The van der Waals surface area contributed by atoms with Gasteiger partial charge in [-0.25, -0.2) is 14.2 Å². The number of anilines is 2. The van der Waals surface area contributed by atoms with Crippen LogP contribution in [0.4, 0.5) is 15.9 Å². The smallest absolute Gasteiger partial charge is 0.339 e. The van der Waals surface area contributed by atoms with Crippen LogP contribution >= 0.6 is 0 Å². The molecule has 2 rings (SSSR count). The van der Waals surface area contributed by atoms with E-state index in [1.165, 1.54) is 36.5 Å². The molecule has 144 valence electrons. The number of carboxylic acid groups (broad SMARTS) is 1. The number of benzene rings is 1. The molecular weight excluding hydrogens is 351 g/mol. The Balaban J connectivity index is 2.24. The second-order valence-corrected chi connectivity index (χ2v) is 6.24. The largest absolute Gasteiger partial charge is 0.478 e. The van der Waals surface area contributed by atoms with Crippen LogP contribution < -0.4 is 10.2 Å². The van der Waals surface area contributed by atoms with Gasteiger partial charge in [-0.3, -0.25) is 4.79 Å². The zero-order valence-electron chi connectivity index (χ0n) is 15.6. The normalized spacial score (nSPS) is 10.7. The van der Waals surface area contributed by atoms with Gasteiger partial charge in [0.25, 0.3) is 5.91 Å². The molecule has 2 N–H and O–H groups in total. The number of hydrogen-bond acceptors (Lipinski definition) is 5. The Morgan fingerprint density at radius 2 is 1.85 bits per heavy atom. The summed E-state index contributed by atoms with van der Waals surface area (Å²) in [6.45, 7) is 3.89. The van der Waals surface area contributed by atoms with Gasteiger partial charge in [-0.2, -0.15) is 0 Å². The highest BCUT2D eigenvalue weighted by atomic mass is 19.1. The number of halogens is 1. The molecule has 0 spiro atoms. The fourth-order valence-corrected chi connectivity index (χ4v) is 2.47. The molecule has 0 aliphatic rings. The molecule has 0 bridgehead atoms. The molecular formula is C19H23FN4O3. The van der Waals surface area contributed by atoms with Gasteiger partial charge < -0.3 is 20.2 Å². The summed E-state index contributed by atoms with van der Waals surface area (Å²) in [5.41, 5.74) is 0.528. The molecule has 0 saturated heterocycles. The van der Waals surface area contributed by atoms with Gasteiger partial charge in [0, 0.05) is 25.2 Å². The maximum Gasteiger partial charge on any atom is 0.339 e. The van der Waals surface area contributed by atoms with E-state index in [4.69, 9.17) is 0 Å². The number of nitrogens with one attached hydrogen (secondary N) is 1. The van der Waals surface area contributed by atoms with E-state index in [0.29, 0.717) is 18.9 Å². The van der Waals surface area contributed by atoms with Gasteiger partial charge >= 0.3 is 5.97 Å². The number of rotatable bonds is 8. The van der Waals surface area contributed by atoms with E-state index in [1.807, 2.05) is 30.8 Å². The van der Waals surface area contributed by atoms with E-state index in [0.717, 1.165) is 6.54 Å².